The fraction of sp³-hybridized carbons (Fsp3) is 0.190. The van der Waals surface area contributed by atoms with E-state index in [1.165, 1.54) is 17.0 Å². The van der Waals surface area contributed by atoms with Crippen molar-refractivity contribution in [1.82, 2.24) is 30.7 Å². The number of benzene rings is 3. The Balaban J connectivity index is 0.00000177. The fourth-order valence-electron chi connectivity index (χ4n) is 5.58. The SMILES string of the molecule is C=C.C=CC=C.C=CCNCC(=O)N1[C@@H](NC(=O)NCc2ccccc2)CN(Cc2cccnc2-c2ccc(O)cc2)C(=O)[C@@H]1Cc1ccc(O)cc1.[H-].[Na+]. The maximum atomic E-state index is 14.3. The Kier molecular flexibility index (Phi) is 19.8. The molecule has 5 N–H and O–H groups in total. The zero-order valence-corrected chi connectivity index (χ0v) is 32.9. The van der Waals surface area contributed by atoms with Crippen LogP contribution in [0.4, 0.5) is 4.79 Å². The van der Waals surface area contributed by atoms with Gasteiger partial charge in [-0.3, -0.25) is 14.6 Å². The number of carbonyl (C=O) groups excluding carboxylic acids is 3. The molecule has 11 nitrogen and oxygen atoms in total. The van der Waals surface area contributed by atoms with E-state index in [1.807, 2.05) is 36.4 Å². The molecule has 54 heavy (non-hydrogen) atoms. The number of rotatable bonds is 13. The molecule has 4 amide bonds. The fourth-order valence-corrected chi connectivity index (χ4v) is 5.58. The predicted molar refractivity (Wildman–Crippen MR) is 211 cm³/mol. The third-order valence-corrected chi connectivity index (χ3v) is 8.03. The van der Waals surface area contributed by atoms with E-state index in [1.54, 1.807) is 71.8 Å². The van der Waals surface area contributed by atoms with Gasteiger partial charge in [0.25, 0.3) is 0 Å². The molecule has 0 radical (unpaired) electrons. The van der Waals surface area contributed by atoms with E-state index in [4.69, 9.17) is 0 Å². The Morgan fingerprint density at radius 2 is 1.50 bits per heavy atom. The Morgan fingerprint density at radius 3 is 2.11 bits per heavy atom. The molecule has 0 bridgehead atoms. The summed E-state index contributed by atoms with van der Waals surface area (Å²) in [6, 6.07) is 24.8. The molecule has 2 heterocycles. The van der Waals surface area contributed by atoms with Crippen molar-refractivity contribution in [3.05, 3.63) is 165 Å². The van der Waals surface area contributed by atoms with Crippen molar-refractivity contribution in [2.45, 2.75) is 31.7 Å². The summed E-state index contributed by atoms with van der Waals surface area (Å²) >= 11 is 0. The normalized spacial score (nSPS) is 14.4. The number of carbonyl (C=O) groups is 3. The van der Waals surface area contributed by atoms with Gasteiger partial charge in [-0.1, -0.05) is 79.9 Å². The van der Waals surface area contributed by atoms with Crippen molar-refractivity contribution < 1.29 is 55.6 Å². The minimum absolute atomic E-state index is 0. The van der Waals surface area contributed by atoms with Crippen molar-refractivity contribution in [2.75, 3.05) is 19.6 Å². The van der Waals surface area contributed by atoms with Gasteiger partial charge in [0, 0.05) is 37.8 Å². The van der Waals surface area contributed by atoms with E-state index in [0.29, 0.717) is 12.2 Å². The summed E-state index contributed by atoms with van der Waals surface area (Å²) in [6.07, 6.45) is 5.87. The van der Waals surface area contributed by atoms with E-state index in [0.717, 1.165) is 22.3 Å². The first-order valence-electron chi connectivity index (χ1n) is 17.0. The monoisotopic (exact) mass is 740 g/mol. The van der Waals surface area contributed by atoms with Gasteiger partial charge in [-0.25, -0.2) is 4.79 Å². The van der Waals surface area contributed by atoms with Gasteiger partial charge in [-0.2, -0.15) is 0 Å². The topological polar surface area (TPSA) is 147 Å². The van der Waals surface area contributed by atoms with Gasteiger partial charge < -0.3 is 37.4 Å². The average Bonchev–Trinajstić information content (AvgIpc) is 3.18. The minimum atomic E-state index is -0.959. The number of phenols is 2. The maximum absolute atomic E-state index is 14.3. The summed E-state index contributed by atoms with van der Waals surface area (Å²) in [4.78, 5) is 49.1. The van der Waals surface area contributed by atoms with Gasteiger partial charge in [0.1, 0.15) is 23.7 Å². The second-order valence-corrected chi connectivity index (χ2v) is 11.7. The molecule has 0 spiro atoms. The number of piperazine rings is 1. The second-order valence-electron chi connectivity index (χ2n) is 11.7. The predicted octanol–water partition coefficient (Wildman–Crippen LogP) is 2.82. The maximum Gasteiger partial charge on any atom is 1.00 e. The van der Waals surface area contributed by atoms with Crippen molar-refractivity contribution in [2.24, 2.45) is 0 Å². The second kappa shape index (κ2) is 24.0. The Morgan fingerprint density at radius 1 is 0.870 bits per heavy atom. The minimum Gasteiger partial charge on any atom is -1.00 e. The first kappa shape index (κ1) is 44.7. The number of phenolic OH excluding ortho intramolecular Hbond substituents is 2. The van der Waals surface area contributed by atoms with Gasteiger partial charge in [0.05, 0.1) is 18.8 Å². The molecule has 1 saturated heterocycles. The molecule has 0 aliphatic carbocycles. The van der Waals surface area contributed by atoms with Gasteiger partial charge in [-0.15, -0.1) is 19.7 Å². The van der Waals surface area contributed by atoms with Gasteiger partial charge >= 0.3 is 35.6 Å². The molecular weight excluding hydrogens is 691 g/mol. The van der Waals surface area contributed by atoms with Gasteiger partial charge in [0.2, 0.25) is 11.8 Å². The number of aromatic nitrogens is 1. The molecule has 1 fully saturated rings. The quantitative estimate of drug-likeness (QED) is 0.0614. The number of aromatic hydroxyl groups is 2. The van der Waals surface area contributed by atoms with Crippen LogP contribution in [0.25, 0.3) is 11.3 Å². The Bertz CT molecular complexity index is 1810. The molecule has 278 valence electrons. The molecule has 5 rings (SSSR count). The first-order chi connectivity index (χ1) is 25.7. The van der Waals surface area contributed by atoms with Gasteiger partial charge in [0.15, 0.2) is 0 Å². The van der Waals surface area contributed by atoms with Crippen molar-refractivity contribution in [1.29, 1.82) is 0 Å². The number of allylic oxidation sites excluding steroid dienone is 2. The molecule has 1 aliphatic heterocycles. The van der Waals surface area contributed by atoms with Crippen LogP contribution in [-0.2, 0) is 29.1 Å². The summed E-state index contributed by atoms with van der Waals surface area (Å²) in [7, 11) is 0. The molecule has 4 aromatic rings. The number of pyridine rings is 1. The van der Waals surface area contributed by atoms with Crippen molar-refractivity contribution in [3.63, 3.8) is 0 Å². The van der Waals surface area contributed by atoms with Crippen LogP contribution in [0.3, 0.4) is 0 Å². The molecule has 2 atom stereocenters. The van der Waals surface area contributed by atoms with Crippen LogP contribution in [0.5, 0.6) is 11.5 Å². The van der Waals surface area contributed by atoms with Crippen LogP contribution in [-0.4, -0.2) is 74.7 Å². The zero-order chi connectivity index (χ0) is 38.6. The number of urea groups is 1. The number of nitrogens with one attached hydrogen (secondary N) is 3. The summed E-state index contributed by atoms with van der Waals surface area (Å²) in [5.41, 5.74) is 3.82. The Hall–Kier alpha value is -5.46. The van der Waals surface area contributed by atoms with E-state index in [9.17, 15) is 24.6 Å². The first-order valence-corrected chi connectivity index (χ1v) is 17.0. The van der Waals surface area contributed by atoms with Crippen LogP contribution < -0.4 is 45.5 Å². The largest absolute Gasteiger partial charge is 1.00 e. The Labute approximate surface area is 341 Å². The van der Waals surface area contributed by atoms with Crippen LogP contribution in [0.1, 0.15) is 18.1 Å². The molecule has 0 saturated carbocycles. The number of hydrogen-bond donors (Lipinski definition) is 5. The standard InChI is InChI=1S/C36H38N6O5.C4H6.C2H4.Na.H/c1-2-18-37-22-33(45)42-31(20-25-10-14-29(43)15-11-25)35(46)41(24-32(42)40-36(47)39-21-26-7-4-3-5-8-26)23-28-9-6-19-38-34(28)27-12-16-30(44)17-13-27;1-3-4-2;1-2;;/h2-17,19,31-32,37,43-44H,1,18,20-24H2,(H2,39,40,47);3-4H,1-2H2;1-2H2;;/q;;;+1;-1/t31-,32+;;;;/m0..../s1. The van der Waals surface area contributed by atoms with E-state index in [2.05, 4.69) is 53.8 Å². The van der Waals surface area contributed by atoms with E-state index in [-0.39, 0.29) is 86.9 Å². The van der Waals surface area contributed by atoms with Gasteiger partial charge in [-0.05, 0) is 59.2 Å². The van der Waals surface area contributed by atoms with E-state index >= 15 is 0 Å². The summed E-state index contributed by atoms with van der Waals surface area (Å²) < 4.78 is 0. The molecule has 12 heteroatoms. The molecule has 3 aromatic carbocycles. The van der Waals surface area contributed by atoms with Crippen molar-refractivity contribution in [3.8, 4) is 22.8 Å². The number of amides is 4. The molecular formula is C42H49N6NaO5. The average molecular weight is 741 g/mol. The number of nitrogens with zero attached hydrogens (tertiary/aromatic N) is 3. The number of hydrogen-bond acceptors (Lipinski definition) is 7. The smallest absolute Gasteiger partial charge is 1.00 e. The van der Waals surface area contributed by atoms with Crippen molar-refractivity contribution >= 4 is 17.8 Å². The zero-order valence-electron chi connectivity index (χ0n) is 31.9. The molecule has 1 aromatic heterocycles. The third-order valence-electron chi connectivity index (χ3n) is 8.03. The van der Waals surface area contributed by atoms with Crippen LogP contribution >= 0.6 is 0 Å². The van der Waals surface area contributed by atoms with Crippen LogP contribution in [0, 0.1) is 0 Å². The third kappa shape index (κ3) is 13.5. The summed E-state index contributed by atoms with van der Waals surface area (Å²) in [6.45, 7) is 17.2. The van der Waals surface area contributed by atoms with E-state index < -0.39 is 18.2 Å². The molecule has 0 unspecified atom stereocenters. The summed E-state index contributed by atoms with van der Waals surface area (Å²) in [5.74, 6) is -0.442. The van der Waals surface area contributed by atoms with Crippen LogP contribution in [0.2, 0.25) is 0 Å². The van der Waals surface area contributed by atoms with Crippen LogP contribution in [0.15, 0.2) is 148 Å². The molecule has 1 aliphatic rings. The summed E-state index contributed by atoms with van der Waals surface area (Å²) in [5, 5.41) is 28.5.